The van der Waals surface area contributed by atoms with Gasteiger partial charge in [0.2, 0.25) is 6.41 Å². The van der Waals surface area contributed by atoms with E-state index in [1.54, 1.807) is 7.11 Å². The lowest BCUT2D eigenvalue weighted by atomic mass is 9.96. The predicted molar refractivity (Wildman–Crippen MR) is 77.2 cm³/mol. The van der Waals surface area contributed by atoms with Gasteiger partial charge in [-0.05, 0) is 52.6 Å². The van der Waals surface area contributed by atoms with Crippen LogP contribution in [0.5, 0.6) is 5.75 Å². The number of benzene rings is 1. The van der Waals surface area contributed by atoms with E-state index < -0.39 is 0 Å². The van der Waals surface area contributed by atoms with Crippen molar-refractivity contribution in [3.63, 3.8) is 0 Å². The molecule has 1 aromatic rings. The summed E-state index contributed by atoms with van der Waals surface area (Å²) in [7, 11) is 1.67. The fourth-order valence-corrected chi connectivity index (χ4v) is 2.47. The minimum absolute atomic E-state index is 0.177. The molecule has 17 heavy (non-hydrogen) atoms. The zero-order valence-corrected chi connectivity index (χ0v) is 12.5. The molecule has 1 rings (SSSR count). The summed E-state index contributed by atoms with van der Waals surface area (Å²) >= 11 is 2.26. The van der Waals surface area contributed by atoms with Gasteiger partial charge in [0, 0.05) is 6.04 Å². The Hall–Kier alpha value is -0.780. The van der Waals surface area contributed by atoms with Crippen LogP contribution in [0.4, 0.5) is 0 Å². The minimum Gasteiger partial charge on any atom is -0.496 e. The summed E-state index contributed by atoms with van der Waals surface area (Å²) in [4.78, 5) is 10.5. The molecule has 1 amide bonds. The van der Waals surface area contributed by atoms with Crippen LogP contribution >= 0.6 is 22.6 Å². The highest BCUT2D eigenvalue weighted by Crippen LogP contribution is 2.22. The second-order valence-corrected chi connectivity index (χ2v) is 5.47. The predicted octanol–water partition coefficient (Wildman–Crippen LogP) is 2.61. The molecule has 0 aliphatic rings. The van der Waals surface area contributed by atoms with Crippen LogP contribution in [0.15, 0.2) is 18.2 Å². The van der Waals surface area contributed by atoms with Crippen molar-refractivity contribution in [2.75, 3.05) is 7.11 Å². The summed E-state index contributed by atoms with van der Waals surface area (Å²) in [6.07, 6.45) is 1.62. The van der Waals surface area contributed by atoms with Crippen LogP contribution in [-0.2, 0) is 11.2 Å². The standard InChI is InChI=1S/C13H18INO2/c1-9(2)12(15-8-16)7-10-4-5-13(17-3)11(14)6-10/h4-6,8-9,12H,7H2,1-3H3,(H,15,16). The van der Waals surface area contributed by atoms with Crippen molar-refractivity contribution < 1.29 is 9.53 Å². The number of ether oxygens (including phenoxy) is 1. The maximum Gasteiger partial charge on any atom is 0.207 e. The molecule has 0 saturated heterocycles. The summed E-state index contributed by atoms with van der Waals surface area (Å²) in [6, 6.07) is 6.29. The highest BCUT2D eigenvalue weighted by atomic mass is 127. The molecule has 0 saturated carbocycles. The van der Waals surface area contributed by atoms with Gasteiger partial charge in [-0.1, -0.05) is 19.9 Å². The van der Waals surface area contributed by atoms with Crippen LogP contribution in [0, 0.1) is 9.49 Å². The highest BCUT2D eigenvalue weighted by molar-refractivity contribution is 14.1. The van der Waals surface area contributed by atoms with Crippen LogP contribution in [-0.4, -0.2) is 19.6 Å². The highest BCUT2D eigenvalue weighted by Gasteiger charge is 2.13. The van der Waals surface area contributed by atoms with Gasteiger partial charge in [0.15, 0.2) is 0 Å². The summed E-state index contributed by atoms with van der Waals surface area (Å²) in [5, 5.41) is 2.86. The van der Waals surface area contributed by atoms with Gasteiger partial charge >= 0.3 is 0 Å². The normalized spacial score (nSPS) is 12.3. The van der Waals surface area contributed by atoms with E-state index in [1.807, 2.05) is 12.1 Å². The Bertz CT molecular complexity index is 380. The van der Waals surface area contributed by atoms with Crippen molar-refractivity contribution in [1.29, 1.82) is 0 Å². The number of amides is 1. The first kappa shape index (κ1) is 14.3. The van der Waals surface area contributed by atoms with Gasteiger partial charge < -0.3 is 10.1 Å². The van der Waals surface area contributed by atoms with Gasteiger partial charge in [0.05, 0.1) is 10.7 Å². The van der Waals surface area contributed by atoms with E-state index in [9.17, 15) is 4.79 Å². The van der Waals surface area contributed by atoms with Gasteiger partial charge in [-0.15, -0.1) is 0 Å². The Morgan fingerprint density at radius 3 is 2.65 bits per heavy atom. The molecule has 1 N–H and O–H groups in total. The quantitative estimate of drug-likeness (QED) is 0.635. The third-order valence-electron chi connectivity index (χ3n) is 2.76. The van der Waals surface area contributed by atoms with Gasteiger partial charge in [-0.3, -0.25) is 4.79 Å². The first-order chi connectivity index (χ1) is 8.08. The van der Waals surface area contributed by atoms with Crippen molar-refractivity contribution in [1.82, 2.24) is 5.32 Å². The monoisotopic (exact) mass is 347 g/mol. The van der Waals surface area contributed by atoms with Gasteiger partial charge in [-0.2, -0.15) is 0 Å². The van der Waals surface area contributed by atoms with Crippen molar-refractivity contribution in [3.05, 3.63) is 27.3 Å². The van der Waals surface area contributed by atoms with Crippen molar-refractivity contribution in [2.24, 2.45) is 5.92 Å². The van der Waals surface area contributed by atoms with E-state index in [-0.39, 0.29) is 6.04 Å². The molecule has 0 aliphatic heterocycles. The Kier molecular flexibility index (Phi) is 5.74. The summed E-state index contributed by atoms with van der Waals surface area (Å²) in [5.41, 5.74) is 1.21. The molecule has 0 heterocycles. The number of hydrogen-bond acceptors (Lipinski definition) is 2. The average molecular weight is 347 g/mol. The molecule has 0 radical (unpaired) electrons. The van der Waals surface area contributed by atoms with E-state index in [4.69, 9.17) is 4.74 Å². The molecule has 0 aliphatic carbocycles. The SMILES string of the molecule is COc1ccc(CC(NC=O)C(C)C)cc1I. The summed E-state index contributed by atoms with van der Waals surface area (Å²) < 4.78 is 6.31. The molecule has 0 bridgehead atoms. The fraction of sp³-hybridized carbons (Fsp3) is 0.462. The molecule has 1 unspecified atom stereocenters. The minimum atomic E-state index is 0.177. The number of carbonyl (C=O) groups is 1. The largest absolute Gasteiger partial charge is 0.496 e. The first-order valence-electron chi connectivity index (χ1n) is 5.60. The zero-order chi connectivity index (χ0) is 12.8. The number of methoxy groups -OCH3 is 1. The van der Waals surface area contributed by atoms with Gasteiger partial charge in [-0.25, -0.2) is 0 Å². The maximum atomic E-state index is 10.5. The van der Waals surface area contributed by atoms with Crippen LogP contribution in [0.25, 0.3) is 0 Å². The van der Waals surface area contributed by atoms with Gasteiger partial charge in [0.25, 0.3) is 0 Å². The Balaban J connectivity index is 2.79. The molecule has 3 nitrogen and oxygen atoms in total. The summed E-state index contributed by atoms with van der Waals surface area (Å²) in [5.74, 6) is 1.30. The second-order valence-electron chi connectivity index (χ2n) is 4.31. The third kappa shape index (κ3) is 4.18. The fourth-order valence-electron chi connectivity index (χ4n) is 1.67. The van der Waals surface area contributed by atoms with E-state index in [0.717, 1.165) is 22.2 Å². The smallest absolute Gasteiger partial charge is 0.207 e. The molecular formula is C13H18INO2. The molecule has 1 atom stereocenters. The summed E-state index contributed by atoms with van der Waals surface area (Å²) in [6.45, 7) is 4.21. The lowest BCUT2D eigenvalue weighted by Crippen LogP contribution is -2.34. The van der Waals surface area contributed by atoms with Crippen molar-refractivity contribution in [2.45, 2.75) is 26.3 Å². The lowest BCUT2D eigenvalue weighted by molar-refractivity contribution is -0.110. The van der Waals surface area contributed by atoms with Crippen LogP contribution in [0.3, 0.4) is 0 Å². The van der Waals surface area contributed by atoms with Crippen molar-refractivity contribution >= 4 is 29.0 Å². The van der Waals surface area contributed by atoms with E-state index >= 15 is 0 Å². The topological polar surface area (TPSA) is 38.3 Å². The van der Waals surface area contributed by atoms with Crippen LogP contribution < -0.4 is 10.1 Å². The number of hydrogen-bond donors (Lipinski definition) is 1. The zero-order valence-electron chi connectivity index (χ0n) is 10.4. The Morgan fingerprint density at radius 1 is 1.47 bits per heavy atom. The first-order valence-corrected chi connectivity index (χ1v) is 6.68. The van der Waals surface area contributed by atoms with E-state index in [2.05, 4.69) is 47.8 Å². The van der Waals surface area contributed by atoms with Gasteiger partial charge in [0.1, 0.15) is 5.75 Å². The number of nitrogens with one attached hydrogen (secondary N) is 1. The Morgan fingerprint density at radius 2 is 2.18 bits per heavy atom. The number of carbonyl (C=O) groups excluding carboxylic acids is 1. The molecule has 1 aromatic carbocycles. The molecule has 0 aromatic heterocycles. The van der Waals surface area contributed by atoms with E-state index in [1.165, 1.54) is 5.56 Å². The van der Waals surface area contributed by atoms with E-state index in [0.29, 0.717) is 5.92 Å². The Labute approximate surface area is 116 Å². The maximum absolute atomic E-state index is 10.5. The molecule has 0 spiro atoms. The van der Waals surface area contributed by atoms with Crippen LogP contribution in [0.1, 0.15) is 19.4 Å². The lowest BCUT2D eigenvalue weighted by Gasteiger charge is -2.20. The molecule has 4 heteroatoms. The number of halogens is 1. The molecule has 94 valence electrons. The number of rotatable bonds is 6. The second kappa shape index (κ2) is 6.83. The third-order valence-corrected chi connectivity index (χ3v) is 3.60. The molecular weight excluding hydrogens is 329 g/mol. The van der Waals surface area contributed by atoms with Crippen molar-refractivity contribution in [3.8, 4) is 5.75 Å². The van der Waals surface area contributed by atoms with Crippen LogP contribution in [0.2, 0.25) is 0 Å². The molecule has 0 fully saturated rings. The average Bonchev–Trinajstić information content (AvgIpc) is 2.28.